The summed E-state index contributed by atoms with van der Waals surface area (Å²) in [6.45, 7) is -0.370. The number of ether oxygens (including phenoxy) is 2. The van der Waals surface area contributed by atoms with Gasteiger partial charge in [0.2, 0.25) is 5.91 Å². The van der Waals surface area contributed by atoms with Crippen molar-refractivity contribution in [3.63, 3.8) is 0 Å². The number of halogens is 3. The molecule has 150 valence electrons. The smallest absolute Gasteiger partial charge is 0.471 e. The van der Waals surface area contributed by atoms with E-state index in [2.05, 4.69) is 5.32 Å². The van der Waals surface area contributed by atoms with Gasteiger partial charge in [-0.05, 0) is 29.3 Å². The lowest BCUT2D eigenvalue weighted by atomic mass is 10.1. The van der Waals surface area contributed by atoms with Gasteiger partial charge in [-0.2, -0.15) is 13.2 Å². The van der Waals surface area contributed by atoms with E-state index in [-0.39, 0.29) is 18.9 Å². The summed E-state index contributed by atoms with van der Waals surface area (Å²) in [5, 5.41) is 4.43. The highest BCUT2D eigenvalue weighted by molar-refractivity contribution is 5.93. The van der Waals surface area contributed by atoms with Gasteiger partial charge in [-0.1, -0.05) is 24.3 Å². The van der Waals surface area contributed by atoms with Crippen LogP contribution in [0.2, 0.25) is 0 Å². The number of nitrogens with one attached hydrogen (secondary N) is 2. The minimum absolute atomic E-state index is 0.0175. The Balaban J connectivity index is 2.05. The second-order valence-electron chi connectivity index (χ2n) is 5.75. The second-order valence-corrected chi connectivity index (χ2v) is 5.75. The van der Waals surface area contributed by atoms with E-state index < -0.39 is 12.1 Å². The van der Waals surface area contributed by atoms with E-state index in [0.29, 0.717) is 28.3 Å². The Bertz CT molecular complexity index is 853. The van der Waals surface area contributed by atoms with Crippen LogP contribution in [0, 0.1) is 0 Å². The van der Waals surface area contributed by atoms with Gasteiger partial charge in [0, 0.05) is 12.2 Å². The average Bonchev–Trinajstić information content (AvgIpc) is 2.66. The van der Waals surface area contributed by atoms with E-state index in [1.807, 2.05) is 0 Å². The zero-order chi connectivity index (χ0) is 20.7. The Morgan fingerprint density at radius 3 is 2.32 bits per heavy atom. The molecule has 2 aromatic carbocycles. The van der Waals surface area contributed by atoms with Crippen molar-refractivity contribution in [1.82, 2.24) is 5.32 Å². The van der Waals surface area contributed by atoms with Crippen molar-refractivity contribution >= 4 is 17.5 Å². The molecule has 0 heterocycles. The molecule has 0 saturated heterocycles. The van der Waals surface area contributed by atoms with Gasteiger partial charge in [0.05, 0.1) is 20.6 Å². The van der Waals surface area contributed by atoms with E-state index in [1.54, 1.807) is 41.7 Å². The number of anilines is 1. The monoisotopic (exact) mass is 396 g/mol. The standard InChI is InChI=1S/C19H19F3N2O4/c1-27-15-8-7-12(9-16(15)28-2)10-17(25)24-14-6-4-3-5-13(14)11-23-18(26)19(20,21)22/h3-9H,10-11H2,1-2H3,(H,23,26)(H,24,25). The van der Waals surface area contributed by atoms with Crippen LogP contribution in [-0.2, 0) is 22.6 Å². The first-order valence-corrected chi connectivity index (χ1v) is 8.18. The highest BCUT2D eigenvalue weighted by Crippen LogP contribution is 2.28. The largest absolute Gasteiger partial charge is 0.493 e. The predicted octanol–water partition coefficient (Wildman–Crippen LogP) is 3.06. The van der Waals surface area contributed by atoms with Crippen LogP contribution in [0.25, 0.3) is 0 Å². The van der Waals surface area contributed by atoms with Gasteiger partial charge in [-0.15, -0.1) is 0 Å². The molecule has 0 aliphatic rings. The quantitative estimate of drug-likeness (QED) is 0.754. The predicted molar refractivity (Wildman–Crippen MR) is 96.2 cm³/mol. The van der Waals surface area contributed by atoms with E-state index >= 15 is 0 Å². The summed E-state index contributed by atoms with van der Waals surface area (Å²) < 4.78 is 47.3. The number of para-hydroxylation sites is 1. The van der Waals surface area contributed by atoms with Crippen LogP contribution >= 0.6 is 0 Å². The Hall–Kier alpha value is -3.23. The van der Waals surface area contributed by atoms with Gasteiger partial charge in [-0.25, -0.2) is 0 Å². The number of benzene rings is 2. The van der Waals surface area contributed by atoms with E-state index in [1.165, 1.54) is 20.3 Å². The first-order chi connectivity index (χ1) is 13.2. The fraction of sp³-hybridized carbons (Fsp3) is 0.263. The molecule has 0 atom stereocenters. The molecular weight excluding hydrogens is 377 g/mol. The molecule has 2 aromatic rings. The first-order valence-electron chi connectivity index (χ1n) is 8.18. The summed E-state index contributed by atoms with van der Waals surface area (Å²) in [5.74, 6) is -1.42. The van der Waals surface area contributed by atoms with Crippen molar-refractivity contribution in [1.29, 1.82) is 0 Å². The first kappa shape index (κ1) is 21.1. The molecule has 2 N–H and O–H groups in total. The Morgan fingerprint density at radius 2 is 1.68 bits per heavy atom. The van der Waals surface area contributed by atoms with Crippen LogP contribution in [0.3, 0.4) is 0 Å². The van der Waals surface area contributed by atoms with Crippen LogP contribution in [0.5, 0.6) is 11.5 Å². The van der Waals surface area contributed by atoms with Gasteiger partial charge < -0.3 is 20.1 Å². The Kier molecular flexibility index (Phi) is 6.86. The zero-order valence-corrected chi connectivity index (χ0v) is 15.2. The normalized spacial score (nSPS) is 10.9. The maximum absolute atomic E-state index is 12.3. The lowest BCUT2D eigenvalue weighted by Gasteiger charge is -2.13. The molecule has 0 spiro atoms. The Labute approximate surface area is 159 Å². The average molecular weight is 396 g/mol. The van der Waals surface area contributed by atoms with Gasteiger partial charge >= 0.3 is 12.1 Å². The van der Waals surface area contributed by atoms with Crippen molar-refractivity contribution in [2.75, 3.05) is 19.5 Å². The maximum Gasteiger partial charge on any atom is 0.471 e. The molecule has 0 aliphatic carbocycles. The maximum atomic E-state index is 12.3. The molecule has 0 aromatic heterocycles. The molecule has 9 heteroatoms. The van der Waals surface area contributed by atoms with Crippen LogP contribution in [0.4, 0.5) is 18.9 Å². The van der Waals surface area contributed by atoms with Crippen LogP contribution < -0.4 is 20.1 Å². The molecule has 2 amide bonds. The summed E-state index contributed by atoms with van der Waals surface area (Å²) in [6.07, 6.45) is -4.95. The van der Waals surface area contributed by atoms with E-state index in [4.69, 9.17) is 9.47 Å². The number of carbonyl (C=O) groups excluding carboxylic acids is 2. The lowest BCUT2D eigenvalue weighted by Crippen LogP contribution is -2.36. The number of alkyl halides is 3. The summed E-state index contributed by atoms with van der Waals surface area (Å²) in [7, 11) is 2.98. The van der Waals surface area contributed by atoms with Gasteiger partial charge in [0.1, 0.15) is 0 Å². The minimum atomic E-state index is -4.97. The van der Waals surface area contributed by atoms with Crippen molar-refractivity contribution < 1.29 is 32.2 Å². The summed E-state index contributed by atoms with van der Waals surface area (Å²) in [5.41, 5.74) is 1.33. The second kappa shape index (κ2) is 9.12. The lowest BCUT2D eigenvalue weighted by molar-refractivity contribution is -0.173. The molecule has 6 nitrogen and oxygen atoms in total. The third-order valence-corrected chi connectivity index (χ3v) is 3.80. The third kappa shape index (κ3) is 5.63. The van der Waals surface area contributed by atoms with Gasteiger partial charge in [0.15, 0.2) is 11.5 Å². The van der Waals surface area contributed by atoms with Gasteiger partial charge in [0.25, 0.3) is 0 Å². The molecule has 2 rings (SSSR count). The molecule has 0 unspecified atom stereocenters. The van der Waals surface area contributed by atoms with E-state index in [9.17, 15) is 22.8 Å². The number of carbonyl (C=O) groups is 2. The summed E-state index contributed by atoms with van der Waals surface area (Å²) in [4.78, 5) is 23.3. The van der Waals surface area contributed by atoms with Crippen LogP contribution in [0.15, 0.2) is 42.5 Å². The number of hydrogen-bond donors (Lipinski definition) is 2. The third-order valence-electron chi connectivity index (χ3n) is 3.80. The van der Waals surface area contributed by atoms with Crippen molar-refractivity contribution in [2.24, 2.45) is 0 Å². The molecule has 0 radical (unpaired) electrons. The molecule has 0 saturated carbocycles. The fourth-order valence-electron chi connectivity index (χ4n) is 2.44. The fourth-order valence-corrected chi connectivity index (χ4v) is 2.44. The Morgan fingerprint density at radius 1 is 1.00 bits per heavy atom. The van der Waals surface area contributed by atoms with E-state index in [0.717, 1.165) is 0 Å². The summed E-state index contributed by atoms with van der Waals surface area (Å²) >= 11 is 0. The number of amides is 2. The number of hydrogen-bond acceptors (Lipinski definition) is 4. The SMILES string of the molecule is COc1ccc(CC(=O)Nc2ccccc2CNC(=O)C(F)(F)F)cc1OC. The number of rotatable bonds is 7. The van der Waals surface area contributed by atoms with Crippen LogP contribution in [-0.4, -0.2) is 32.2 Å². The topological polar surface area (TPSA) is 76.7 Å². The molecule has 28 heavy (non-hydrogen) atoms. The highest BCUT2D eigenvalue weighted by atomic mass is 19.4. The summed E-state index contributed by atoms with van der Waals surface area (Å²) in [6, 6.07) is 11.3. The van der Waals surface area contributed by atoms with Crippen molar-refractivity contribution in [2.45, 2.75) is 19.1 Å². The zero-order valence-electron chi connectivity index (χ0n) is 15.2. The van der Waals surface area contributed by atoms with Gasteiger partial charge in [-0.3, -0.25) is 9.59 Å². The number of methoxy groups -OCH3 is 2. The molecular formula is C19H19F3N2O4. The molecule has 0 fully saturated rings. The highest BCUT2D eigenvalue weighted by Gasteiger charge is 2.38. The van der Waals surface area contributed by atoms with Crippen molar-refractivity contribution in [3.05, 3.63) is 53.6 Å². The molecule has 0 aliphatic heterocycles. The van der Waals surface area contributed by atoms with Crippen molar-refractivity contribution in [3.8, 4) is 11.5 Å². The molecule has 0 bridgehead atoms. The minimum Gasteiger partial charge on any atom is -0.493 e. The van der Waals surface area contributed by atoms with Crippen LogP contribution in [0.1, 0.15) is 11.1 Å².